The van der Waals surface area contributed by atoms with Crippen molar-refractivity contribution in [3.8, 4) is 5.75 Å². The third kappa shape index (κ3) is 1.82. The number of nitrogens with zero attached hydrogens (tertiary/aromatic N) is 1. The van der Waals surface area contributed by atoms with Crippen LogP contribution in [0.5, 0.6) is 5.75 Å². The summed E-state index contributed by atoms with van der Waals surface area (Å²) in [6.45, 7) is 1.92. The molecule has 0 unspecified atom stereocenters. The van der Waals surface area contributed by atoms with E-state index in [0.717, 1.165) is 0 Å². The first-order chi connectivity index (χ1) is 8.19. The van der Waals surface area contributed by atoms with Crippen LogP contribution in [-0.4, -0.2) is 23.2 Å². The number of pyridine rings is 1. The topological polar surface area (TPSA) is 59.4 Å². The molecule has 2 aromatic rings. The third-order valence-electron chi connectivity index (χ3n) is 2.67. The highest BCUT2D eigenvalue weighted by atomic mass is 16.5. The van der Waals surface area contributed by atoms with Crippen LogP contribution in [0.1, 0.15) is 23.0 Å². The van der Waals surface area contributed by atoms with Gasteiger partial charge >= 0.3 is 5.97 Å². The van der Waals surface area contributed by atoms with E-state index in [4.69, 9.17) is 4.74 Å². The van der Waals surface area contributed by atoms with Gasteiger partial charge in [0.05, 0.1) is 18.3 Å². The van der Waals surface area contributed by atoms with Crippen LogP contribution in [0.15, 0.2) is 24.3 Å². The summed E-state index contributed by atoms with van der Waals surface area (Å²) in [6, 6.07) is 7.18. The maximum atomic E-state index is 11.4. The number of para-hydroxylation sites is 1. The van der Waals surface area contributed by atoms with Gasteiger partial charge in [0, 0.05) is 5.39 Å². The van der Waals surface area contributed by atoms with E-state index in [0.29, 0.717) is 28.8 Å². The fourth-order valence-corrected chi connectivity index (χ4v) is 1.92. The second-order valence-corrected chi connectivity index (χ2v) is 3.64. The minimum Gasteiger partial charge on any atom is -0.494 e. The number of benzene rings is 1. The van der Waals surface area contributed by atoms with E-state index < -0.39 is 5.97 Å². The van der Waals surface area contributed by atoms with Crippen molar-refractivity contribution in [2.45, 2.75) is 13.3 Å². The molecule has 0 amide bonds. The Balaban J connectivity index is 2.90. The summed E-state index contributed by atoms with van der Waals surface area (Å²) in [7, 11) is 1.47. The zero-order valence-electron chi connectivity index (χ0n) is 9.73. The van der Waals surface area contributed by atoms with E-state index in [-0.39, 0.29) is 5.56 Å². The lowest BCUT2D eigenvalue weighted by Gasteiger charge is -2.12. The number of aryl methyl sites for hydroxylation is 1. The molecule has 1 aromatic carbocycles. The number of fused-ring (bicyclic) bond motifs is 1. The van der Waals surface area contributed by atoms with Crippen LogP contribution in [0.25, 0.3) is 10.9 Å². The van der Waals surface area contributed by atoms with Crippen LogP contribution in [0.4, 0.5) is 0 Å². The van der Waals surface area contributed by atoms with Crippen LogP contribution < -0.4 is 4.74 Å². The van der Waals surface area contributed by atoms with Gasteiger partial charge in [0.2, 0.25) is 0 Å². The molecule has 0 atom stereocenters. The van der Waals surface area contributed by atoms with Gasteiger partial charge in [0.1, 0.15) is 5.56 Å². The predicted molar refractivity (Wildman–Crippen MR) is 64.6 cm³/mol. The standard InChI is InChI=1S/C13H13NO3/c1-3-9-12(17-2)11(13(15)16)8-6-4-5-7-10(8)14-9/h4-7H,3H2,1-2H3,(H,15,16). The summed E-state index contributed by atoms with van der Waals surface area (Å²) in [5.74, 6) is -0.631. The summed E-state index contributed by atoms with van der Waals surface area (Å²) in [5, 5.41) is 9.91. The van der Waals surface area contributed by atoms with E-state index in [1.165, 1.54) is 7.11 Å². The van der Waals surface area contributed by atoms with Crippen LogP contribution in [0.2, 0.25) is 0 Å². The largest absolute Gasteiger partial charge is 0.494 e. The zero-order valence-corrected chi connectivity index (χ0v) is 9.73. The first-order valence-corrected chi connectivity index (χ1v) is 5.38. The fourth-order valence-electron chi connectivity index (χ4n) is 1.92. The first kappa shape index (κ1) is 11.4. The molecule has 88 valence electrons. The maximum absolute atomic E-state index is 11.4. The summed E-state index contributed by atoms with van der Waals surface area (Å²) < 4.78 is 5.19. The average Bonchev–Trinajstić information content (AvgIpc) is 2.35. The van der Waals surface area contributed by atoms with Crippen molar-refractivity contribution < 1.29 is 14.6 Å². The molecule has 1 aromatic heterocycles. The number of aromatic carboxylic acids is 1. The molecule has 0 aliphatic carbocycles. The smallest absolute Gasteiger partial charge is 0.340 e. The third-order valence-corrected chi connectivity index (χ3v) is 2.67. The monoisotopic (exact) mass is 231 g/mol. The Labute approximate surface area is 98.9 Å². The Bertz CT molecular complexity index is 578. The Morgan fingerprint density at radius 2 is 2.12 bits per heavy atom. The molecule has 0 bridgehead atoms. The second-order valence-electron chi connectivity index (χ2n) is 3.64. The molecule has 0 spiro atoms. The highest BCUT2D eigenvalue weighted by Crippen LogP contribution is 2.30. The Kier molecular flexibility index (Phi) is 2.95. The van der Waals surface area contributed by atoms with Crippen molar-refractivity contribution in [3.05, 3.63) is 35.5 Å². The van der Waals surface area contributed by atoms with Crippen molar-refractivity contribution in [1.29, 1.82) is 0 Å². The summed E-state index contributed by atoms with van der Waals surface area (Å²) in [6.07, 6.45) is 0.633. The maximum Gasteiger partial charge on any atom is 0.340 e. The molecule has 0 radical (unpaired) electrons. The van der Waals surface area contributed by atoms with Crippen LogP contribution in [0.3, 0.4) is 0 Å². The van der Waals surface area contributed by atoms with Gasteiger partial charge in [-0.3, -0.25) is 0 Å². The number of ether oxygens (including phenoxy) is 1. The van der Waals surface area contributed by atoms with E-state index in [2.05, 4.69) is 4.98 Å². The number of aromatic nitrogens is 1. The summed E-state index contributed by atoms with van der Waals surface area (Å²) in [4.78, 5) is 15.8. The number of carbonyl (C=O) groups is 1. The van der Waals surface area contributed by atoms with Gasteiger partial charge in [-0.15, -0.1) is 0 Å². The van der Waals surface area contributed by atoms with Gasteiger partial charge in [-0.2, -0.15) is 0 Å². The molecular formula is C13H13NO3. The van der Waals surface area contributed by atoms with Crippen LogP contribution >= 0.6 is 0 Å². The number of rotatable bonds is 3. The van der Waals surface area contributed by atoms with Crippen molar-refractivity contribution in [3.63, 3.8) is 0 Å². The molecule has 1 heterocycles. The molecule has 0 aliphatic rings. The number of hydrogen-bond acceptors (Lipinski definition) is 3. The SMILES string of the molecule is CCc1nc2ccccc2c(C(=O)O)c1OC. The lowest BCUT2D eigenvalue weighted by Crippen LogP contribution is -2.06. The Hall–Kier alpha value is -2.10. The molecule has 0 aliphatic heterocycles. The average molecular weight is 231 g/mol. The van der Waals surface area contributed by atoms with E-state index in [9.17, 15) is 9.90 Å². The highest BCUT2D eigenvalue weighted by Gasteiger charge is 2.19. The van der Waals surface area contributed by atoms with Crippen LogP contribution in [0, 0.1) is 0 Å². The Morgan fingerprint density at radius 1 is 1.41 bits per heavy atom. The van der Waals surface area contributed by atoms with E-state index in [1.807, 2.05) is 13.0 Å². The normalized spacial score (nSPS) is 10.5. The quantitative estimate of drug-likeness (QED) is 0.881. The first-order valence-electron chi connectivity index (χ1n) is 5.38. The van der Waals surface area contributed by atoms with E-state index in [1.54, 1.807) is 18.2 Å². The molecule has 17 heavy (non-hydrogen) atoms. The lowest BCUT2D eigenvalue weighted by atomic mass is 10.1. The zero-order chi connectivity index (χ0) is 12.4. The van der Waals surface area contributed by atoms with Crippen molar-refractivity contribution in [2.24, 2.45) is 0 Å². The molecule has 4 heteroatoms. The fraction of sp³-hybridized carbons (Fsp3) is 0.231. The number of carboxylic acids is 1. The van der Waals surface area contributed by atoms with Gasteiger partial charge in [-0.05, 0) is 12.5 Å². The number of carboxylic acid groups (broad SMARTS) is 1. The van der Waals surface area contributed by atoms with Gasteiger partial charge in [-0.1, -0.05) is 25.1 Å². The molecule has 4 nitrogen and oxygen atoms in total. The molecule has 0 saturated heterocycles. The minimum atomic E-state index is -0.991. The molecular weight excluding hydrogens is 218 g/mol. The molecule has 2 rings (SSSR count). The number of methoxy groups -OCH3 is 1. The summed E-state index contributed by atoms with van der Waals surface area (Å²) in [5.41, 5.74) is 1.54. The van der Waals surface area contributed by atoms with Gasteiger partial charge in [-0.25, -0.2) is 9.78 Å². The molecule has 0 fully saturated rings. The van der Waals surface area contributed by atoms with Crippen molar-refractivity contribution in [2.75, 3.05) is 7.11 Å². The van der Waals surface area contributed by atoms with Crippen LogP contribution in [-0.2, 0) is 6.42 Å². The Morgan fingerprint density at radius 3 is 2.71 bits per heavy atom. The molecule has 1 N–H and O–H groups in total. The molecule has 0 saturated carbocycles. The van der Waals surface area contributed by atoms with Gasteiger partial charge in [0.15, 0.2) is 5.75 Å². The summed E-state index contributed by atoms with van der Waals surface area (Å²) >= 11 is 0. The van der Waals surface area contributed by atoms with E-state index >= 15 is 0 Å². The second kappa shape index (κ2) is 4.41. The van der Waals surface area contributed by atoms with Crippen molar-refractivity contribution >= 4 is 16.9 Å². The van der Waals surface area contributed by atoms with Gasteiger partial charge in [0.25, 0.3) is 0 Å². The van der Waals surface area contributed by atoms with Crippen molar-refractivity contribution in [1.82, 2.24) is 4.98 Å². The lowest BCUT2D eigenvalue weighted by molar-refractivity contribution is 0.0695. The minimum absolute atomic E-state index is 0.190. The predicted octanol–water partition coefficient (Wildman–Crippen LogP) is 2.50. The van der Waals surface area contributed by atoms with Gasteiger partial charge < -0.3 is 9.84 Å². The number of hydrogen-bond donors (Lipinski definition) is 1. The highest BCUT2D eigenvalue weighted by molar-refractivity contribution is 6.05.